The van der Waals surface area contributed by atoms with E-state index in [4.69, 9.17) is 9.47 Å². The SMILES string of the molecule is COc1ccc(CNCCS(C)(=O)=O)cc1OC. The van der Waals surface area contributed by atoms with E-state index in [0.29, 0.717) is 24.6 Å². The van der Waals surface area contributed by atoms with Gasteiger partial charge < -0.3 is 14.8 Å². The molecule has 102 valence electrons. The van der Waals surface area contributed by atoms with Gasteiger partial charge in [0, 0.05) is 19.3 Å². The van der Waals surface area contributed by atoms with E-state index in [1.165, 1.54) is 6.26 Å². The minimum atomic E-state index is -2.91. The number of hydrogen-bond acceptors (Lipinski definition) is 5. The molecule has 0 aliphatic heterocycles. The number of sulfone groups is 1. The molecule has 0 saturated carbocycles. The smallest absolute Gasteiger partial charge is 0.161 e. The second kappa shape index (κ2) is 6.61. The van der Waals surface area contributed by atoms with Crippen molar-refractivity contribution < 1.29 is 17.9 Å². The van der Waals surface area contributed by atoms with Crippen molar-refractivity contribution in [3.8, 4) is 11.5 Å². The zero-order chi connectivity index (χ0) is 13.6. The molecule has 5 nitrogen and oxygen atoms in total. The molecule has 0 bridgehead atoms. The van der Waals surface area contributed by atoms with Gasteiger partial charge in [-0.3, -0.25) is 0 Å². The Morgan fingerprint density at radius 2 is 1.83 bits per heavy atom. The van der Waals surface area contributed by atoms with Gasteiger partial charge in [0.2, 0.25) is 0 Å². The highest BCUT2D eigenvalue weighted by molar-refractivity contribution is 7.90. The molecule has 0 unspecified atom stereocenters. The summed E-state index contributed by atoms with van der Waals surface area (Å²) in [6, 6.07) is 5.60. The Balaban J connectivity index is 2.53. The van der Waals surface area contributed by atoms with Gasteiger partial charge in [-0.25, -0.2) is 8.42 Å². The zero-order valence-electron chi connectivity index (χ0n) is 10.9. The van der Waals surface area contributed by atoms with Crippen LogP contribution in [0.1, 0.15) is 5.56 Å². The van der Waals surface area contributed by atoms with Crippen LogP contribution in [-0.4, -0.2) is 41.2 Å². The summed E-state index contributed by atoms with van der Waals surface area (Å²) >= 11 is 0. The molecule has 1 N–H and O–H groups in total. The predicted octanol–water partition coefficient (Wildman–Crippen LogP) is 0.838. The maximum atomic E-state index is 10.9. The number of benzene rings is 1. The highest BCUT2D eigenvalue weighted by Gasteiger charge is 2.05. The zero-order valence-corrected chi connectivity index (χ0v) is 11.7. The van der Waals surface area contributed by atoms with E-state index in [9.17, 15) is 8.42 Å². The predicted molar refractivity (Wildman–Crippen MR) is 71.0 cm³/mol. The van der Waals surface area contributed by atoms with Crippen LogP contribution < -0.4 is 14.8 Å². The maximum absolute atomic E-state index is 10.9. The highest BCUT2D eigenvalue weighted by Crippen LogP contribution is 2.27. The van der Waals surface area contributed by atoms with Gasteiger partial charge >= 0.3 is 0 Å². The molecule has 0 spiro atoms. The molecule has 0 aliphatic carbocycles. The minimum absolute atomic E-state index is 0.139. The Hall–Kier alpha value is -1.27. The van der Waals surface area contributed by atoms with Gasteiger partial charge in [0.25, 0.3) is 0 Å². The highest BCUT2D eigenvalue weighted by atomic mass is 32.2. The van der Waals surface area contributed by atoms with E-state index in [1.807, 2.05) is 18.2 Å². The lowest BCUT2D eigenvalue weighted by molar-refractivity contribution is 0.354. The molecule has 0 aromatic heterocycles. The van der Waals surface area contributed by atoms with Gasteiger partial charge in [0.05, 0.1) is 20.0 Å². The largest absolute Gasteiger partial charge is 0.493 e. The second-order valence-electron chi connectivity index (χ2n) is 4.00. The maximum Gasteiger partial charge on any atom is 0.161 e. The van der Waals surface area contributed by atoms with E-state index in [2.05, 4.69) is 5.32 Å². The number of nitrogens with one attached hydrogen (secondary N) is 1. The number of methoxy groups -OCH3 is 2. The van der Waals surface area contributed by atoms with Crippen molar-refractivity contribution in [2.24, 2.45) is 0 Å². The van der Waals surface area contributed by atoms with Gasteiger partial charge in [-0.15, -0.1) is 0 Å². The number of rotatable bonds is 7. The van der Waals surface area contributed by atoms with Crippen LogP contribution in [0.4, 0.5) is 0 Å². The van der Waals surface area contributed by atoms with Crippen LogP contribution >= 0.6 is 0 Å². The number of hydrogen-bond donors (Lipinski definition) is 1. The molecule has 1 aromatic rings. The fourth-order valence-electron chi connectivity index (χ4n) is 1.48. The molecule has 0 heterocycles. The Morgan fingerprint density at radius 1 is 1.17 bits per heavy atom. The first-order chi connectivity index (χ1) is 8.46. The summed E-state index contributed by atoms with van der Waals surface area (Å²) in [5, 5.41) is 3.07. The van der Waals surface area contributed by atoms with Gasteiger partial charge in [-0.1, -0.05) is 6.07 Å². The van der Waals surface area contributed by atoms with Crippen molar-refractivity contribution in [2.75, 3.05) is 32.8 Å². The van der Waals surface area contributed by atoms with E-state index >= 15 is 0 Å². The van der Waals surface area contributed by atoms with Crippen molar-refractivity contribution in [2.45, 2.75) is 6.54 Å². The fraction of sp³-hybridized carbons (Fsp3) is 0.500. The van der Waals surface area contributed by atoms with E-state index in [-0.39, 0.29) is 5.75 Å². The van der Waals surface area contributed by atoms with Crippen LogP contribution in [-0.2, 0) is 16.4 Å². The second-order valence-corrected chi connectivity index (χ2v) is 6.26. The third-order valence-electron chi connectivity index (χ3n) is 2.43. The van der Waals surface area contributed by atoms with E-state index < -0.39 is 9.84 Å². The average Bonchev–Trinajstić information content (AvgIpc) is 2.33. The van der Waals surface area contributed by atoms with Gasteiger partial charge in [-0.05, 0) is 17.7 Å². The molecule has 0 saturated heterocycles. The average molecular weight is 273 g/mol. The Bertz CT molecular complexity index is 485. The van der Waals surface area contributed by atoms with Gasteiger partial charge in [0.1, 0.15) is 9.84 Å². The van der Waals surface area contributed by atoms with E-state index in [1.54, 1.807) is 14.2 Å². The lowest BCUT2D eigenvalue weighted by atomic mass is 10.2. The van der Waals surface area contributed by atoms with Crippen LogP contribution in [0.25, 0.3) is 0 Å². The standard InChI is InChI=1S/C12H19NO4S/c1-16-11-5-4-10(8-12(11)17-2)9-13-6-7-18(3,14)15/h4-5,8,13H,6-7,9H2,1-3H3. The first-order valence-corrected chi connectivity index (χ1v) is 7.61. The van der Waals surface area contributed by atoms with Crippen LogP contribution in [0.2, 0.25) is 0 Å². The van der Waals surface area contributed by atoms with Crippen molar-refractivity contribution in [1.82, 2.24) is 5.32 Å². The summed E-state index contributed by atoms with van der Waals surface area (Å²) in [6.45, 7) is 1.03. The summed E-state index contributed by atoms with van der Waals surface area (Å²) in [7, 11) is 0.258. The lowest BCUT2D eigenvalue weighted by Crippen LogP contribution is -2.21. The fourth-order valence-corrected chi connectivity index (χ4v) is 2.00. The van der Waals surface area contributed by atoms with Crippen LogP contribution in [0.3, 0.4) is 0 Å². The molecule has 6 heteroatoms. The summed E-state index contributed by atoms with van der Waals surface area (Å²) < 4.78 is 32.2. The Labute approximate surface area is 108 Å². The Morgan fingerprint density at radius 3 is 2.39 bits per heavy atom. The normalized spacial score (nSPS) is 11.3. The molecule has 0 atom stereocenters. The quantitative estimate of drug-likeness (QED) is 0.746. The molecule has 0 radical (unpaired) electrons. The van der Waals surface area contributed by atoms with Gasteiger partial charge in [-0.2, -0.15) is 0 Å². The molecule has 0 amide bonds. The molecular formula is C12H19NO4S. The van der Waals surface area contributed by atoms with Crippen molar-refractivity contribution >= 4 is 9.84 Å². The monoisotopic (exact) mass is 273 g/mol. The molecule has 0 aliphatic rings. The summed E-state index contributed by atoms with van der Waals surface area (Å²) in [6.07, 6.45) is 1.23. The molecule has 18 heavy (non-hydrogen) atoms. The topological polar surface area (TPSA) is 64.6 Å². The third-order valence-corrected chi connectivity index (χ3v) is 3.37. The molecule has 1 rings (SSSR count). The van der Waals surface area contributed by atoms with Gasteiger partial charge in [0.15, 0.2) is 11.5 Å². The molecule has 1 aromatic carbocycles. The third kappa shape index (κ3) is 4.93. The van der Waals surface area contributed by atoms with E-state index in [0.717, 1.165) is 5.56 Å². The minimum Gasteiger partial charge on any atom is -0.493 e. The summed E-state index contributed by atoms with van der Waals surface area (Å²) in [4.78, 5) is 0. The van der Waals surface area contributed by atoms with Crippen molar-refractivity contribution in [1.29, 1.82) is 0 Å². The van der Waals surface area contributed by atoms with Crippen molar-refractivity contribution in [3.05, 3.63) is 23.8 Å². The summed E-state index contributed by atoms with van der Waals surface area (Å²) in [5.74, 6) is 1.48. The van der Waals surface area contributed by atoms with Crippen molar-refractivity contribution in [3.63, 3.8) is 0 Å². The first kappa shape index (κ1) is 14.8. The first-order valence-electron chi connectivity index (χ1n) is 5.55. The Kier molecular flexibility index (Phi) is 5.43. The summed E-state index contributed by atoms with van der Waals surface area (Å²) in [5.41, 5.74) is 1.01. The van der Waals surface area contributed by atoms with Crippen LogP contribution in [0.15, 0.2) is 18.2 Å². The lowest BCUT2D eigenvalue weighted by Gasteiger charge is -2.10. The molecular weight excluding hydrogens is 254 g/mol. The molecule has 0 fully saturated rings. The van der Waals surface area contributed by atoms with Crippen LogP contribution in [0.5, 0.6) is 11.5 Å². The number of ether oxygens (including phenoxy) is 2. The van der Waals surface area contributed by atoms with Crippen LogP contribution in [0, 0.1) is 0 Å².